The van der Waals surface area contributed by atoms with E-state index in [0.29, 0.717) is 18.5 Å². The van der Waals surface area contributed by atoms with Crippen LogP contribution in [-0.4, -0.2) is 36.7 Å². The van der Waals surface area contributed by atoms with Crippen molar-refractivity contribution in [2.45, 2.75) is 53.2 Å². The van der Waals surface area contributed by atoms with Crippen LogP contribution in [-0.2, 0) is 4.74 Å². The molecule has 0 saturated heterocycles. The molecule has 0 fully saturated rings. The van der Waals surface area contributed by atoms with Gasteiger partial charge in [-0.1, -0.05) is 6.92 Å². The summed E-state index contributed by atoms with van der Waals surface area (Å²) in [5.41, 5.74) is 0.890. The molecule has 1 N–H and O–H groups in total. The highest BCUT2D eigenvalue weighted by molar-refractivity contribution is 7.10. The Morgan fingerprint density at radius 1 is 1.41 bits per heavy atom. The van der Waals surface area contributed by atoms with Crippen molar-refractivity contribution in [2.24, 2.45) is 5.92 Å². The summed E-state index contributed by atoms with van der Waals surface area (Å²) in [6.07, 6.45) is -0.263. The molecule has 5 heteroatoms. The van der Waals surface area contributed by atoms with Crippen LogP contribution in [0.5, 0.6) is 0 Å². The zero-order valence-electron chi connectivity index (χ0n) is 14.9. The molecule has 4 nitrogen and oxygen atoms in total. The standard InChI is InChI=1S/C17H30N2O2S/c1-12(11-19(7)16(20)21-17(4,5)6)10-18-14(3)15-13(2)8-9-22-15/h8-9,12,14,18H,10-11H2,1-7H3. The van der Waals surface area contributed by atoms with E-state index in [4.69, 9.17) is 4.74 Å². The highest BCUT2D eigenvalue weighted by atomic mass is 32.1. The van der Waals surface area contributed by atoms with E-state index in [1.54, 1.807) is 23.3 Å². The van der Waals surface area contributed by atoms with Gasteiger partial charge in [-0.25, -0.2) is 4.79 Å². The Hall–Kier alpha value is -1.07. The van der Waals surface area contributed by atoms with Crippen molar-refractivity contribution in [3.8, 4) is 0 Å². The van der Waals surface area contributed by atoms with E-state index in [1.807, 2.05) is 20.8 Å². The lowest BCUT2D eigenvalue weighted by Crippen LogP contribution is -2.38. The van der Waals surface area contributed by atoms with Crippen molar-refractivity contribution in [3.05, 3.63) is 21.9 Å². The fraction of sp³-hybridized carbons (Fsp3) is 0.706. The van der Waals surface area contributed by atoms with Gasteiger partial charge in [0.15, 0.2) is 0 Å². The molecular weight excluding hydrogens is 296 g/mol. The van der Waals surface area contributed by atoms with Crippen LogP contribution in [0, 0.1) is 12.8 Å². The molecule has 0 aromatic carbocycles. The van der Waals surface area contributed by atoms with Crippen molar-refractivity contribution in [1.82, 2.24) is 10.2 Å². The number of rotatable bonds is 6. The summed E-state index contributed by atoms with van der Waals surface area (Å²) >= 11 is 1.79. The average Bonchev–Trinajstić information content (AvgIpc) is 2.80. The van der Waals surface area contributed by atoms with Gasteiger partial charge in [-0.15, -0.1) is 11.3 Å². The number of thiophene rings is 1. The molecule has 0 aliphatic carbocycles. The third-order valence-corrected chi connectivity index (χ3v) is 4.56. The van der Waals surface area contributed by atoms with E-state index in [1.165, 1.54) is 10.4 Å². The Balaban J connectivity index is 2.38. The maximum atomic E-state index is 11.9. The molecule has 22 heavy (non-hydrogen) atoms. The lowest BCUT2D eigenvalue weighted by molar-refractivity contribution is 0.0276. The van der Waals surface area contributed by atoms with Gasteiger partial charge in [-0.2, -0.15) is 0 Å². The third kappa shape index (κ3) is 6.36. The summed E-state index contributed by atoms with van der Waals surface area (Å²) in [7, 11) is 1.79. The Morgan fingerprint density at radius 2 is 2.05 bits per heavy atom. The molecule has 126 valence electrons. The quantitative estimate of drug-likeness (QED) is 0.851. The number of carbonyl (C=O) groups is 1. The Kier molecular flexibility index (Phi) is 6.88. The Labute approximate surface area is 138 Å². The molecule has 1 heterocycles. The molecule has 1 rings (SSSR count). The summed E-state index contributed by atoms with van der Waals surface area (Å²) in [4.78, 5) is 15.0. The first kappa shape index (κ1) is 19.0. The maximum absolute atomic E-state index is 11.9. The normalized spacial score (nSPS) is 14.5. The van der Waals surface area contributed by atoms with Crippen LogP contribution in [0.4, 0.5) is 4.79 Å². The first-order valence-corrected chi connectivity index (χ1v) is 8.69. The minimum Gasteiger partial charge on any atom is -0.444 e. The number of nitrogens with zero attached hydrogens (tertiary/aromatic N) is 1. The van der Waals surface area contributed by atoms with Crippen LogP contribution in [0.2, 0.25) is 0 Å². The van der Waals surface area contributed by atoms with Crippen molar-refractivity contribution >= 4 is 17.4 Å². The van der Waals surface area contributed by atoms with E-state index in [-0.39, 0.29) is 6.09 Å². The van der Waals surface area contributed by atoms with Gasteiger partial charge in [0.25, 0.3) is 0 Å². The number of carbonyl (C=O) groups excluding carboxylic acids is 1. The number of amides is 1. The van der Waals surface area contributed by atoms with Crippen molar-refractivity contribution in [3.63, 3.8) is 0 Å². The molecule has 1 aromatic rings. The predicted molar refractivity (Wildman–Crippen MR) is 93.5 cm³/mol. The van der Waals surface area contributed by atoms with Gasteiger partial charge in [0, 0.05) is 24.5 Å². The third-order valence-electron chi connectivity index (χ3n) is 3.36. The topological polar surface area (TPSA) is 41.6 Å². The van der Waals surface area contributed by atoms with E-state index >= 15 is 0 Å². The van der Waals surface area contributed by atoms with Crippen molar-refractivity contribution < 1.29 is 9.53 Å². The molecule has 1 aromatic heterocycles. The van der Waals surface area contributed by atoms with Gasteiger partial charge >= 0.3 is 6.09 Å². The number of hydrogen-bond donors (Lipinski definition) is 1. The maximum Gasteiger partial charge on any atom is 0.410 e. The molecule has 2 unspecified atom stereocenters. The largest absolute Gasteiger partial charge is 0.444 e. The summed E-state index contributed by atoms with van der Waals surface area (Å²) in [5.74, 6) is 0.361. The minimum atomic E-state index is -0.446. The summed E-state index contributed by atoms with van der Waals surface area (Å²) < 4.78 is 5.37. The average molecular weight is 327 g/mol. The fourth-order valence-corrected chi connectivity index (χ4v) is 3.21. The van der Waals surface area contributed by atoms with Crippen LogP contribution in [0.1, 0.15) is 51.1 Å². The Bertz CT molecular complexity index is 479. The van der Waals surface area contributed by atoms with Gasteiger partial charge in [0.2, 0.25) is 0 Å². The molecule has 1 amide bonds. The van der Waals surface area contributed by atoms with E-state index in [9.17, 15) is 4.79 Å². The van der Waals surface area contributed by atoms with Crippen LogP contribution < -0.4 is 5.32 Å². The number of hydrogen-bond acceptors (Lipinski definition) is 4. The van der Waals surface area contributed by atoms with E-state index in [0.717, 1.165) is 6.54 Å². The second kappa shape index (κ2) is 7.97. The van der Waals surface area contributed by atoms with Crippen LogP contribution in [0.3, 0.4) is 0 Å². The summed E-state index contributed by atoms with van der Waals surface area (Å²) in [6, 6.07) is 2.49. The van der Waals surface area contributed by atoms with Gasteiger partial charge in [-0.05, 0) is 64.1 Å². The lowest BCUT2D eigenvalue weighted by atomic mass is 10.1. The number of ether oxygens (including phenoxy) is 1. The first-order valence-electron chi connectivity index (χ1n) is 7.81. The van der Waals surface area contributed by atoms with Gasteiger partial charge in [0.05, 0.1) is 0 Å². The molecule has 0 radical (unpaired) electrons. The molecule has 0 aliphatic rings. The molecule has 0 bridgehead atoms. The smallest absolute Gasteiger partial charge is 0.410 e. The first-order chi connectivity index (χ1) is 10.1. The number of aryl methyl sites for hydroxylation is 1. The van der Waals surface area contributed by atoms with Crippen molar-refractivity contribution in [1.29, 1.82) is 0 Å². The molecule has 2 atom stereocenters. The molecule has 0 saturated carbocycles. The van der Waals surface area contributed by atoms with Gasteiger partial charge in [-0.3, -0.25) is 0 Å². The fourth-order valence-electron chi connectivity index (χ4n) is 2.25. The van der Waals surface area contributed by atoms with E-state index < -0.39 is 5.60 Å². The summed E-state index contributed by atoms with van der Waals surface area (Å²) in [6.45, 7) is 13.7. The van der Waals surface area contributed by atoms with E-state index in [2.05, 4.69) is 37.5 Å². The van der Waals surface area contributed by atoms with Gasteiger partial charge in [0.1, 0.15) is 5.60 Å². The summed E-state index contributed by atoms with van der Waals surface area (Å²) in [5, 5.41) is 5.68. The molecule has 0 aliphatic heterocycles. The monoisotopic (exact) mass is 326 g/mol. The second-order valence-electron chi connectivity index (χ2n) is 7.06. The molecular formula is C17H30N2O2S. The predicted octanol–water partition coefficient (Wildman–Crippen LogP) is 4.21. The SMILES string of the molecule is Cc1ccsc1C(C)NCC(C)CN(C)C(=O)OC(C)(C)C. The van der Waals surface area contributed by atoms with Crippen LogP contribution in [0.15, 0.2) is 11.4 Å². The molecule has 0 spiro atoms. The van der Waals surface area contributed by atoms with Crippen LogP contribution >= 0.6 is 11.3 Å². The van der Waals surface area contributed by atoms with Crippen LogP contribution in [0.25, 0.3) is 0 Å². The second-order valence-corrected chi connectivity index (χ2v) is 8.01. The zero-order valence-corrected chi connectivity index (χ0v) is 15.7. The minimum absolute atomic E-state index is 0.263. The Morgan fingerprint density at radius 3 is 2.55 bits per heavy atom. The van der Waals surface area contributed by atoms with Crippen molar-refractivity contribution in [2.75, 3.05) is 20.1 Å². The lowest BCUT2D eigenvalue weighted by Gasteiger charge is -2.27. The highest BCUT2D eigenvalue weighted by Crippen LogP contribution is 2.23. The van der Waals surface area contributed by atoms with Gasteiger partial charge < -0.3 is 15.0 Å². The highest BCUT2D eigenvalue weighted by Gasteiger charge is 2.21. The number of nitrogens with one attached hydrogen (secondary N) is 1. The zero-order chi connectivity index (χ0) is 16.9.